The maximum Gasteiger partial charge on any atom is 0.237 e. The van der Waals surface area contributed by atoms with Gasteiger partial charge in [-0.05, 0) is 44.1 Å². The lowest BCUT2D eigenvalue weighted by atomic mass is 10.0. The predicted octanol–water partition coefficient (Wildman–Crippen LogP) is 1.43. The van der Waals surface area contributed by atoms with Crippen LogP contribution in [0.25, 0.3) is 0 Å². The lowest BCUT2D eigenvalue weighted by Crippen LogP contribution is -2.47. The third-order valence-corrected chi connectivity index (χ3v) is 3.97. The largest absolute Gasteiger partial charge is 0.354 e. The number of amides is 1. The lowest BCUT2D eigenvalue weighted by Gasteiger charge is -2.23. The molecule has 2 fully saturated rings. The molecule has 1 saturated heterocycles. The highest BCUT2D eigenvalue weighted by molar-refractivity contribution is 5.81. The second kappa shape index (κ2) is 4.52. The van der Waals surface area contributed by atoms with Gasteiger partial charge in [-0.15, -0.1) is 0 Å². The van der Waals surface area contributed by atoms with Gasteiger partial charge in [0.05, 0.1) is 6.04 Å². The van der Waals surface area contributed by atoms with Crippen LogP contribution in [0.4, 0.5) is 0 Å². The molecule has 1 amide bonds. The van der Waals surface area contributed by atoms with Crippen LogP contribution >= 0.6 is 0 Å². The van der Waals surface area contributed by atoms with E-state index in [1.807, 2.05) is 0 Å². The molecule has 0 spiro atoms. The molecule has 2 aliphatic rings. The van der Waals surface area contributed by atoms with E-state index in [9.17, 15) is 4.79 Å². The smallest absolute Gasteiger partial charge is 0.237 e. The van der Waals surface area contributed by atoms with Gasteiger partial charge in [0.1, 0.15) is 0 Å². The zero-order valence-electron chi connectivity index (χ0n) is 9.64. The van der Waals surface area contributed by atoms with Gasteiger partial charge in [-0.1, -0.05) is 13.3 Å². The van der Waals surface area contributed by atoms with E-state index in [4.69, 9.17) is 0 Å². The van der Waals surface area contributed by atoms with Crippen molar-refractivity contribution in [3.05, 3.63) is 0 Å². The van der Waals surface area contributed by atoms with Crippen LogP contribution < -0.4 is 10.6 Å². The van der Waals surface area contributed by atoms with E-state index < -0.39 is 0 Å². The molecule has 1 heterocycles. The Labute approximate surface area is 92.0 Å². The summed E-state index contributed by atoms with van der Waals surface area (Å²) in [6.07, 6.45) is 7.19. The molecule has 1 atom stereocenters. The summed E-state index contributed by atoms with van der Waals surface area (Å²) in [7, 11) is 0. The van der Waals surface area contributed by atoms with E-state index in [0.717, 1.165) is 19.5 Å². The highest BCUT2D eigenvalue weighted by Crippen LogP contribution is 2.47. The minimum absolute atomic E-state index is 0.0754. The van der Waals surface area contributed by atoms with Crippen molar-refractivity contribution in [2.45, 2.75) is 51.5 Å². The van der Waals surface area contributed by atoms with Crippen LogP contribution in [0.1, 0.15) is 45.4 Å². The van der Waals surface area contributed by atoms with Gasteiger partial charge >= 0.3 is 0 Å². The van der Waals surface area contributed by atoms with Gasteiger partial charge < -0.3 is 10.6 Å². The molecular formula is C12H22N2O. The van der Waals surface area contributed by atoms with E-state index in [0.29, 0.717) is 5.41 Å². The SMILES string of the molecule is CCC1(CNC(=O)C2CCCCN2)CC1. The van der Waals surface area contributed by atoms with Gasteiger partial charge in [0, 0.05) is 6.54 Å². The molecule has 1 unspecified atom stereocenters. The van der Waals surface area contributed by atoms with E-state index in [1.165, 1.54) is 32.1 Å². The summed E-state index contributed by atoms with van der Waals surface area (Å²) >= 11 is 0. The Morgan fingerprint density at radius 2 is 2.27 bits per heavy atom. The van der Waals surface area contributed by atoms with Gasteiger partial charge in [-0.3, -0.25) is 4.79 Å². The minimum Gasteiger partial charge on any atom is -0.354 e. The summed E-state index contributed by atoms with van der Waals surface area (Å²) in [5.41, 5.74) is 0.463. The summed E-state index contributed by atoms with van der Waals surface area (Å²) in [6, 6.07) is 0.0754. The third-order valence-electron chi connectivity index (χ3n) is 3.97. The Kier molecular flexibility index (Phi) is 3.29. The van der Waals surface area contributed by atoms with Gasteiger partial charge in [-0.2, -0.15) is 0 Å². The Morgan fingerprint density at radius 3 is 2.80 bits per heavy atom. The normalized spacial score (nSPS) is 28.5. The first-order valence-corrected chi connectivity index (χ1v) is 6.27. The van der Waals surface area contributed by atoms with E-state index in [-0.39, 0.29) is 11.9 Å². The average molecular weight is 210 g/mol. The molecule has 0 aromatic heterocycles. The maximum absolute atomic E-state index is 11.8. The fourth-order valence-corrected chi connectivity index (χ4v) is 2.31. The Balaban J connectivity index is 1.72. The zero-order chi connectivity index (χ0) is 10.7. The van der Waals surface area contributed by atoms with Gasteiger partial charge in [0.15, 0.2) is 0 Å². The molecule has 86 valence electrons. The maximum atomic E-state index is 11.8. The molecule has 15 heavy (non-hydrogen) atoms. The molecule has 1 saturated carbocycles. The van der Waals surface area contributed by atoms with Crippen LogP contribution in [-0.2, 0) is 4.79 Å². The first-order valence-electron chi connectivity index (χ1n) is 6.27. The van der Waals surface area contributed by atoms with Crippen molar-refractivity contribution < 1.29 is 4.79 Å². The zero-order valence-corrected chi connectivity index (χ0v) is 9.64. The molecular weight excluding hydrogens is 188 g/mol. The highest BCUT2D eigenvalue weighted by atomic mass is 16.2. The number of carbonyl (C=O) groups is 1. The second-order valence-corrected chi connectivity index (χ2v) is 5.07. The van der Waals surface area contributed by atoms with E-state index >= 15 is 0 Å². The summed E-state index contributed by atoms with van der Waals surface area (Å²) in [5.74, 6) is 0.217. The minimum atomic E-state index is 0.0754. The Hall–Kier alpha value is -0.570. The van der Waals surface area contributed by atoms with Gasteiger partial charge in [0.25, 0.3) is 0 Å². The van der Waals surface area contributed by atoms with Crippen LogP contribution in [0, 0.1) is 5.41 Å². The van der Waals surface area contributed by atoms with E-state index in [1.54, 1.807) is 0 Å². The molecule has 3 nitrogen and oxygen atoms in total. The molecule has 0 aromatic carbocycles. The standard InChI is InChI=1S/C12H22N2O/c1-2-12(6-7-12)9-14-11(15)10-5-3-4-8-13-10/h10,13H,2-9H2,1H3,(H,14,15). The summed E-state index contributed by atoms with van der Waals surface area (Å²) < 4.78 is 0. The molecule has 2 rings (SSSR count). The molecule has 0 bridgehead atoms. The summed E-state index contributed by atoms with van der Waals surface area (Å²) in [6.45, 7) is 4.11. The number of rotatable bonds is 4. The van der Waals surface area contributed by atoms with Crippen molar-refractivity contribution >= 4 is 5.91 Å². The monoisotopic (exact) mass is 210 g/mol. The summed E-state index contributed by atoms with van der Waals surface area (Å²) in [4.78, 5) is 11.8. The molecule has 2 N–H and O–H groups in total. The predicted molar refractivity (Wildman–Crippen MR) is 60.6 cm³/mol. The molecule has 1 aliphatic carbocycles. The van der Waals surface area contributed by atoms with Crippen LogP contribution in [0.5, 0.6) is 0 Å². The third kappa shape index (κ3) is 2.71. The number of hydrogen-bond acceptors (Lipinski definition) is 2. The second-order valence-electron chi connectivity index (χ2n) is 5.07. The summed E-state index contributed by atoms with van der Waals surface area (Å²) in [5, 5.41) is 6.39. The lowest BCUT2D eigenvalue weighted by molar-refractivity contribution is -0.123. The molecule has 0 aromatic rings. The fraction of sp³-hybridized carbons (Fsp3) is 0.917. The van der Waals surface area contributed by atoms with Crippen molar-refractivity contribution in [1.82, 2.24) is 10.6 Å². The van der Waals surface area contributed by atoms with Crippen LogP contribution in [-0.4, -0.2) is 25.0 Å². The van der Waals surface area contributed by atoms with Crippen LogP contribution in [0.2, 0.25) is 0 Å². The van der Waals surface area contributed by atoms with Crippen molar-refractivity contribution in [3.8, 4) is 0 Å². The van der Waals surface area contributed by atoms with Crippen molar-refractivity contribution in [1.29, 1.82) is 0 Å². The van der Waals surface area contributed by atoms with E-state index in [2.05, 4.69) is 17.6 Å². The topological polar surface area (TPSA) is 41.1 Å². The van der Waals surface area contributed by atoms with Crippen LogP contribution in [0.15, 0.2) is 0 Å². The number of hydrogen-bond donors (Lipinski definition) is 2. The van der Waals surface area contributed by atoms with Crippen molar-refractivity contribution in [3.63, 3.8) is 0 Å². The molecule has 3 heteroatoms. The average Bonchev–Trinajstić information content (AvgIpc) is 3.08. The van der Waals surface area contributed by atoms with Crippen LogP contribution in [0.3, 0.4) is 0 Å². The fourth-order valence-electron chi connectivity index (χ4n) is 2.31. The Morgan fingerprint density at radius 1 is 1.47 bits per heavy atom. The molecule has 1 aliphatic heterocycles. The number of carbonyl (C=O) groups excluding carboxylic acids is 1. The highest BCUT2D eigenvalue weighted by Gasteiger charge is 2.40. The van der Waals surface area contributed by atoms with Gasteiger partial charge in [0.2, 0.25) is 5.91 Å². The quantitative estimate of drug-likeness (QED) is 0.737. The first-order chi connectivity index (χ1) is 7.26. The number of piperidine rings is 1. The first kappa shape index (κ1) is 10.9. The molecule has 0 radical (unpaired) electrons. The van der Waals surface area contributed by atoms with Crippen molar-refractivity contribution in [2.24, 2.45) is 5.41 Å². The van der Waals surface area contributed by atoms with Gasteiger partial charge in [-0.25, -0.2) is 0 Å². The van der Waals surface area contributed by atoms with Crippen molar-refractivity contribution in [2.75, 3.05) is 13.1 Å². The number of nitrogens with one attached hydrogen (secondary N) is 2. The Bertz CT molecular complexity index is 230.